The fourth-order valence-electron chi connectivity index (χ4n) is 1.74. The Hall–Kier alpha value is -1.86. The number of hydrogen-bond donors (Lipinski definition) is 0. The Bertz CT molecular complexity index is 433. The zero-order chi connectivity index (χ0) is 11.1. The van der Waals surface area contributed by atoms with Crippen molar-refractivity contribution in [2.75, 3.05) is 13.1 Å². The fraction of sp³-hybridized carbons (Fsp3) is 0.333. The van der Waals surface area contributed by atoms with Crippen LogP contribution in [0.5, 0.6) is 0 Å². The highest BCUT2D eigenvalue weighted by atomic mass is 15.1. The second-order valence-corrected chi connectivity index (χ2v) is 3.90. The van der Waals surface area contributed by atoms with Crippen LogP contribution in [-0.2, 0) is 0 Å². The molecule has 80 valence electrons. The van der Waals surface area contributed by atoms with E-state index >= 15 is 0 Å². The van der Waals surface area contributed by atoms with Crippen molar-refractivity contribution in [3.8, 4) is 23.8 Å². The Balaban J connectivity index is 1.91. The molecule has 16 heavy (non-hydrogen) atoms. The minimum absolute atomic E-state index is 1.02. The Morgan fingerprint density at radius 2 is 1.62 bits per heavy atom. The van der Waals surface area contributed by atoms with Crippen molar-refractivity contribution in [3.63, 3.8) is 0 Å². The average molecular weight is 209 g/mol. The molecule has 0 atom stereocenters. The normalized spacial score (nSPS) is 14.4. The van der Waals surface area contributed by atoms with Gasteiger partial charge in [0, 0.05) is 30.6 Å². The van der Waals surface area contributed by atoms with Gasteiger partial charge in [0.2, 0.25) is 0 Å². The van der Waals surface area contributed by atoms with Gasteiger partial charge in [0.25, 0.3) is 0 Å². The first-order valence-corrected chi connectivity index (χ1v) is 5.77. The van der Waals surface area contributed by atoms with Crippen molar-refractivity contribution < 1.29 is 0 Å². The molecular formula is C15H15N. The Labute approximate surface area is 97.5 Å². The summed E-state index contributed by atoms with van der Waals surface area (Å²) in [6.07, 6.45) is 3.87. The van der Waals surface area contributed by atoms with E-state index in [1.54, 1.807) is 0 Å². The molecule has 1 saturated heterocycles. The van der Waals surface area contributed by atoms with E-state index in [2.05, 4.69) is 28.7 Å². The van der Waals surface area contributed by atoms with Gasteiger partial charge in [-0.2, -0.15) is 0 Å². The monoisotopic (exact) mass is 209 g/mol. The molecule has 2 rings (SSSR count). The van der Waals surface area contributed by atoms with Gasteiger partial charge in [0.05, 0.1) is 0 Å². The summed E-state index contributed by atoms with van der Waals surface area (Å²) in [5, 5.41) is 0. The number of benzene rings is 1. The molecule has 1 aromatic carbocycles. The summed E-state index contributed by atoms with van der Waals surface area (Å²) in [5.74, 6) is 8.85. The second kappa shape index (κ2) is 5.89. The van der Waals surface area contributed by atoms with Gasteiger partial charge in [-0.3, -0.25) is 0 Å². The third-order valence-electron chi connectivity index (χ3n) is 2.61. The zero-order valence-electron chi connectivity index (χ0n) is 9.37. The largest absolute Gasteiger partial charge is 0.332 e. The molecule has 1 fully saturated rings. The van der Waals surface area contributed by atoms with Gasteiger partial charge < -0.3 is 4.90 Å². The molecule has 1 heterocycles. The van der Waals surface area contributed by atoms with Gasteiger partial charge >= 0.3 is 0 Å². The third kappa shape index (κ3) is 3.37. The van der Waals surface area contributed by atoms with Crippen LogP contribution in [0, 0.1) is 23.8 Å². The first-order chi connectivity index (χ1) is 7.95. The minimum Gasteiger partial charge on any atom is -0.332 e. The third-order valence-corrected chi connectivity index (χ3v) is 2.61. The molecule has 1 nitrogen and oxygen atoms in total. The molecule has 1 aliphatic heterocycles. The van der Waals surface area contributed by atoms with Gasteiger partial charge in [-0.05, 0) is 37.3 Å². The van der Waals surface area contributed by atoms with Gasteiger partial charge in [0.15, 0.2) is 0 Å². The van der Waals surface area contributed by atoms with Crippen LogP contribution in [0.3, 0.4) is 0 Å². The molecule has 1 heteroatoms. The maximum absolute atomic E-state index is 3.10. The molecule has 0 N–H and O–H groups in total. The van der Waals surface area contributed by atoms with Crippen molar-refractivity contribution in [3.05, 3.63) is 35.9 Å². The summed E-state index contributed by atoms with van der Waals surface area (Å²) >= 11 is 0. The van der Waals surface area contributed by atoms with Crippen molar-refractivity contribution >= 4 is 0 Å². The number of nitrogens with zero attached hydrogens (tertiary/aromatic N) is 1. The lowest BCUT2D eigenvalue weighted by atomic mass is 10.1. The molecule has 0 bridgehead atoms. The van der Waals surface area contributed by atoms with Gasteiger partial charge in [-0.15, -0.1) is 0 Å². The first-order valence-electron chi connectivity index (χ1n) is 5.77. The van der Waals surface area contributed by atoms with E-state index in [0.29, 0.717) is 0 Å². The molecule has 0 spiro atoms. The van der Waals surface area contributed by atoms with E-state index in [0.717, 1.165) is 18.7 Å². The van der Waals surface area contributed by atoms with E-state index in [1.807, 2.05) is 30.3 Å². The summed E-state index contributed by atoms with van der Waals surface area (Å²) in [6, 6.07) is 13.1. The topological polar surface area (TPSA) is 3.24 Å². The average Bonchev–Trinajstić information content (AvgIpc) is 2.37. The van der Waals surface area contributed by atoms with Crippen LogP contribution in [0.2, 0.25) is 0 Å². The van der Waals surface area contributed by atoms with Crippen molar-refractivity contribution in [2.45, 2.75) is 19.3 Å². The maximum atomic E-state index is 3.10. The number of piperidine rings is 1. The highest BCUT2D eigenvalue weighted by Gasteiger charge is 2.04. The number of likely N-dealkylation sites (tertiary alicyclic amines) is 1. The van der Waals surface area contributed by atoms with Crippen LogP contribution in [0.1, 0.15) is 24.8 Å². The Kier molecular flexibility index (Phi) is 3.92. The quantitative estimate of drug-likeness (QED) is 0.593. The van der Waals surface area contributed by atoms with Crippen molar-refractivity contribution in [1.82, 2.24) is 4.90 Å². The molecule has 0 aromatic heterocycles. The maximum Gasteiger partial charge on any atom is 0.0260 e. The molecule has 0 aliphatic carbocycles. The van der Waals surface area contributed by atoms with E-state index < -0.39 is 0 Å². The molecule has 0 unspecified atom stereocenters. The predicted octanol–water partition coefficient (Wildman–Crippen LogP) is 2.48. The van der Waals surface area contributed by atoms with Crippen LogP contribution < -0.4 is 0 Å². The summed E-state index contributed by atoms with van der Waals surface area (Å²) in [4.78, 5) is 2.17. The lowest BCUT2D eigenvalue weighted by molar-refractivity contribution is 0.327. The minimum atomic E-state index is 1.02. The van der Waals surface area contributed by atoms with Crippen LogP contribution in [0.4, 0.5) is 0 Å². The van der Waals surface area contributed by atoms with Crippen molar-refractivity contribution in [1.29, 1.82) is 0 Å². The van der Waals surface area contributed by atoms with Crippen LogP contribution in [0.25, 0.3) is 0 Å². The SMILES string of the molecule is C(C#CN1CCCCC1)#Cc1ccccc1. The van der Waals surface area contributed by atoms with Gasteiger partial charge in [-0.25, -0.2) is 0 Å². The van der Waals surface area contributed by atoms with E-state index in [9.17, 15) is 0 Å². The molecule has 0 amide bonds. The lowest BCUT2D eigenvalue weighted by Crippen LogP contribution is -2.24. The number of hydrogen-bond acceptors (Lipinski definition) is 1. The molecule has 0 radical (unpaired) electrons. The Morgan fingerprint density at radius 1 is 0.875 bits per heavy atom. The van der Waals surface area contributed by atoms with Crippen molar-refractivity contribution in [2.24, 2.45) is 0 Å². The zero-order valence-corrected chi connectivity index (χ0v) is 9.37. The summed E-state index contributed by atoms with van der Waals surface area (Å²) in [6.45, 7) is 2.19. The Morgan fingerprint density at radius 3 is 2.38 bits per heavy atom. The fourth-order valence-corrected chi connectivity index (χ4v) is 1.74. The first kappa shape index (κ1) is 10.7. The summed E-state index contributed by atoms with van der Waals surface area (Å²) in [7, 11) is 0. The lowest BCUT2D eigenvalue weighted by Gasteiger charge is -2.21. The van der Waals surface area contributed by atoms with Crippen LogP contribution >= 0.6 is 0 Å². The standard InChI is InChI=1S/C15H15N/c1-3-9-15(10-4-1)11-5-8-14-16-12-6-2-7-13-16/h1,3-4,9-10H,2,6-7,12-13H2. The highest BCUT2D eigenvalue weighted by molar-refractivity contribution is 5.39. The summed E-state index contributed by atoms with van der Waals surface area (Å²) < 4.78 is 0. The highest BCUT2D eigenvalue weighted by Crippen LogP contribution is 2.06. The van der Waals surface area contributed by atoms with E-state index in [1.165, 1.54) is 19.3 Å². The van der Waals surface area contributed by atoms with E-state index in [4.69, 9.17) is 0 Å². The van der Waals surface area contributed by atoms with Gasteiger partial charge in [-0.1, -0.05) is 24.1 Å². The molecular weight excluding hydrogens is 194 g/mol. The summed E-state index contributed by atoms with van der Waals surface area (Å²) in [5.41, 5.74) is 1.02. The molecule has 1 aromatic rings. The number of rotatable bonds is 0. The predicted molar refractivity (Wildman–Crippen MR) is 66.5 cm³/mol. The molecule has 1 aliphatic rings. The molecule has 0 saturated carbocycles. The van der Waals surface area contributed by atoms with E-state index in [-0.39, 0.29) is 0 Å². The van der Waals surface area contributed by atoms with Crippen LogP contribution in [0.15, 0.2) is 30.3 Å². The second-order valence-electron chi connectivity index (χ2n) is 3.90. The van der Waals surface area contributed by atoms with Crippen LogP contribution in [-0.4, -0.2) is 18.0 Å². The smallest absolute Gasteiger partial charge is 0.0260 e. The van der Waals surface area contributed by atoms with Gasteiger partial charge in [0.1, 0.15) is 0 Å².